The summed E-state index contributed by atoms with van der Waals surface area (Å²) in [5.41, 5.74) is 0.363. The third-order valence-corrected chi connectivity index (χ3v) is 4.93. The summed E-state index contributed by atoms with van der Waals surface area (Å²) in [4.78, 5) is 13.9. The first-order valence-electron chi connectivity index (χ1n) is 7.65. The van der Waals surface area contributed by atoms with E-state index >= 15 is 0 Å². The molecule has 0 fully saturated rings. The zero-order chi connectivity index (χ0) is 19.6. The van der Waals surface area contributed by atoms with E-state index < -0.39 is 27.5 Å². The molecule has 1 atom stereocenters. The molecular weight excluding hydrogens is 387 g/mol. The molecule has 142 valence electrons. The first kappa shape index (κ1) is 20.1. The highest BCUT2D eigenvalue weighted by Gasteiger charge is 2.27. The van der Waals surface area contributed by atoms with Crippen LogP contribution in [0.1, 0.15) is 13.8 Å². The maximum atomic E-state index is 13.4. The van der Waals surface area contributed by atoms with Gasteiger partial charge in [-0.2, -0.15) is 9.83 Å². The van der Waals surface area contributed by atoms with Crippen LogP contribution in [0.4, 0.5) is 10.1 Å². The number of halogens is 2. The topological polar surface area (TPSA) is 99.2 Å². The lowest BCUT2D eigenvalue weighted by Crippen LogP contribution is -2.37. The van der Waals surface area contributed by atoms with E-state index in [0.717, 1.165) is 24.7 Å². The highest BCUT2D eigenvalue weighted by molar-refractivity contribution is 7.90. The van der Waals surface area contributed by atoms with E-state index in [1.54, 1.807) is 6.92 Å². The van der Waals surface area contributed by atoms with E-state index in [9.17, 15) is 22.8 Å². The van der Waals surface area contributed by atoms with Gasteiger partial charge in [0.15, 0.2) is 11.0 Å². The summed E-state index contributed by atoms with van der Waals surface area (Å²) in [5.74, 6) is -2.26. The summed E-state index contributed by atoms with van der Waals surface area (Å²) in [6, 6.07) is 1.09. The van der Waals surface area contributed by atoms with E-state index in [1.165, 1.54) is 22.7 Å². The van der Waals surface area contributed by atoms with Crippen molar-refractivity contribution in [3.8, 4) is 5.69 Å². The first-order chi connectivity index (χ1) is 12.0. The van der Waals surface area contributed by atoms with Gasteiger partial charge in [-0.25, -0.2) is 17.5 Å². The fraction of sp³-hybridized carbons (Fsp3) is 0.400. The Balaban J connectivity index is 2.37. The van der Waals surface area contributed by atoms with Gasteiger partial charge in [0.1, 0.15) is 21.2 Å². The van der Waals surface area contributed by atoms with Gasteiger partial charge in [0.2, 0.25) is 18.3 Å². The van der Waals surface area contributed by atoms with Gasteiger partial charge in [0.05, 0.1) is 11.9 Å². The van der Waals surface area contributed by atoms with Gasteiger partial charge < -0.3 is 10.1 Å². The number of hydrogen-bond acceptors (Lipinski definition) is 5. The van der Waals surface area contributed by atoms with Crippen LogP contribution in [-0.4, -0.2) is 42.7 Å². The van der Waals surface area contributed by atoms with Crippen molar-refractivity contribution in [2.24, 2.45) is 5.92 Å². The number of amides is 1. The largest absolute Gasteiger partial charge is 0.619 e. The van der Waals surface area contributed by atoms with Crippen LogP contribution in [0.25, 0.3) is 5.69 Å². The fourth-order valence-corrected chi connectivity index (χ4v) is 3.81. The zero-order valence-electron chi connectivity index (χ0n) is 14.4. The third-order valence-electron chi connectivity index (χ3n) is 3.56. The van der Waals surface area contributed by atoms with Crippen molar-refractivity contribution >= 4 is 33.0 Å². The standard InChI is InChI=1S/C15H18ClFN4O4S/c1-4-20(15(22)10(2)9-26(3,24)25)13-8-21(18-14(13)16)12-5-11(17)6-19(23)7-12/h5-8,10H,4,9H2,1-3H3. The summed E-state index contributed by atoms with van der Waals surface area (Å²) in [6.07, 6.45) is 4.29. The lowest BCUT2D eigenvalue weighted by atomic mass is 10.2. The average molecular weight is 405 g/mol. The molecule has 0 spiro atoms. The summed E-state index contributed by atoms with van der Waals surface area (Å²) < 4.78 is 37.7. The number of pyridine rings is 1. The second-order valence-corrected chi connectivity index (χ2v) is 8.44. The first-order valence-corrected chi connectivity index (χ1v) is 10.1. The van der Waals surface area contributed by atoms with Crippen molar-refractivity contribution in [1.82, 2.24) is 9.78 Å². The van der Waals surface area contributed by atoms with E-state index in [0.29, 0.717) is 0 Å². The van der Waals surface area contributed by atoms with Gasteiger partial charge in [0, 0.05) is 24.8 Å². The molecule has 26 heavy (non-hydrogen) atoms. The van der Waals surface area contributed by atoms with Crippen molar-refractivity contribution in [3.05, 3.63) is 40.8 Å². The molecular formula is C15H18ClFN4O4S. The van der Waals surface area contributed by atoms with E-state index in [2.05, 4.69) is 5.10 Å². The Hall–Kier alpha value is -2.20. The molecule has 0 aliphatic heterocycles. The molecule has 0 aromatic carbocycles. The molecule has 2 rings (SSSR count). The number of sulfone groups is 1. The minimum atomic E-state index is -3.33. The Labute approximate surface area is 155 Å². The highest BCUT2D eigenvalue weighted by Crippen LogP contribution is 2.27. The number of hydrogen-bond donors (Lipinski definition) is 0. The second kappa shape index (κ2) is 7.58. The lowest BCUT2D eigenvalue weighted by molar-refractivity contribution is -0.606. The molecule has 0 saturated carbocycles. The Kier molecular flexibility index (Phi) is 5.87. The van der Waals surface area contributed by atoms with Crippen LogP contribution in [0.2, 0.25) is 5.15 Å². The average Bonchev–Trinajstić information content (AvgIpc) is 2.87. The summed E-state index contributed by atoms with van der Waals surface area (Å²) in [5, 5.41) is 15.3. The van der Waals surface area contributed by atoms with Gasteiger partial charge in [0.25, 0.3) is 0 Å². The Morgan fingerprint density at radius 3 is 2.69 bits per heavy atom. The van der Waals surface area contributed by atoms with Crippen LogP contribution in [0, 0.1) is 16.9 Å². The van der Waals surface area contributed by atoms with Gasteiger partial charge in [-0.1, -0.05) is 18.5 Å². The predicted octanol–water partition coefficient (Wildman–Crippen LogP) is 1.33. The van der Waals surface area contributed by atoms with Crippen LogP contribution in [0.3, 0.4) is 0 Å². The quantitative estimate of drug-likeness (QED) is 0.534. The predicted molar refractivity (Wildman–Crippen MR) is 94.4 cm³/mol. The molecule has 0 saturated heterocycles. The monoisotopic (exact) mass is 404 g/mol. The molecule has 1 unspecified atom stereocenters. The fourth-order valence-electron chi connectivity index (χ4n) is 2.52. The number of rotatable bonds is 6. The Morgan fingerprint density at radius 2 is 2.15 bits per heavy atom. The maximum Gasteiger partial charge on any atom is 0.230 e. The number of anilines is 1. The van der Waals surface area contributed by atoms with Crippen LogP contribution >= 0.6 is 11.6 Å². The molecule has 8 nitrogen and oxygen atoms in total. The van der Waals surface area contributed by atoms with Gasteiger partial charge in [-0.3, -0.25) is 4.79 Å². The zero-order valence-corrected chi connectivity index (χ0v) is 16.0. The minimum absolute atomic E-state index is 0.0338. The van der Waals surface area contributed by atoms with Gasteiger partial charge in [-0.05, 0) is 6.92 Å². The molecule has 0 aliphatic rings. The van der Waals surface area contributed by atoms with Crippen molar-refractivity contribution in [1.29, 1.82) is 0 Å². The van der Waals surface area contributed by atoms with E-state index in [1.807, 2.05) is 0 Å². The van der Waals surface area contributed by atoms with Gasteiger partial charge >= 0.3 is 0 Å². The maximum absolute atomic E-state index is 13.4. The SMILES string of the molecule is CCN(C(=O)C(C)CS(C)(=O)=O)c1cn(-c2cc(F)c[n+]([O-])c2)nc1Cl. The summed E-state index contributed by atoms with van der Waals surface area (Å²) in [7, 11) is -3.33. The molecule has 0 bridgehead atoms. The van der Waals surface area contributed by atoms with Crippen molar-refractivity contribution < 1.29 is 22.3 Å². The smallest absolute Gasteiger partial charge is 0.230 e. The highest BCUT2D eigenvalue weighted by atomic mass is 35.5. The van der Waals surface area contributed by atoms with Crippen molar-refractivity contribution in [2.75, 3.05) is 23.5 Å². The Morgan fingerprint density at radius 1 is 1.50 bits per heavy atom. The number of carbonyl (C=O) groups is 1. The number of nitrogens with zero attached hydrogens (tertiary/aromatic N) is 4. The van der Waals surface area contributed by atoms with Crippen LogP contribution in [-0.2, 0) is 14.6 Å². The van der Waals surface area contributed by atoms with E-state index in [4.69, 9.17) is 11.6 Å². The molecule has 0 radical (unpaired) electrons. The number of carbonyl (C=O) groups excluding carboxylic acids is 1. The molecule has 0 aliphatic carbocycles. The normalized spacial score (nSPS) is 12.8. The summed E-state index contributed by atoms with van der Waals surface area (Å²) >= 11 is 6.11. The molecule has 2 aromatic heterocycles. The van der Waals surface area contributed by atoms with E-state index in [-0.39, 0.29) is 33.6 Å². The lowest BCUT2D eigenvalue weighted by Gasteiger charge is -2.23. The van der Waals surface area contributed by atoms with Crippen LogP contribution in [0.15, 0.2) is 24.7 Å². The van der Waals surface area contributed by atoms with Gasteiger partial charge in [-0.15, -0.1) is 0 Å². The van der Waals surface area contributed by atoms with Crippen LogP contribution < -0.4 is 9.63 Å². The molecule has 1 amide bonds. The molecule has 11 heteroatoms. The van der Waals surface area contributed by atoms with Crippen molar-refractivity contribution in [2.45, 2.75) is 13.8 Å². The molecule has 2 heterocycles. The minimum Gasteiger partial charge on any atom is -0.619 e. The van der Waals surface area contributed by atoms with Crippen molar-refractivity contribution in [3.63, 3.8) is 0 Å². The molecule has 0 N–H and O–H groups in total. The molecule has 2 aromatic rings. The third kappa shape index (κ3) is 4.70. The van der Waals surface area contributed by atoms with Crippen LogP contribution in [0.5, 0.6) is 0 Å². The summed E-state index contributed by atoms with van der Waals surface area (Å²) in [6.45, 7) is 3.44. The second-order valence-electron chi connectivity index (χ2n) is 5.90. The number of aromatic nitrogens is 3. The Bertz CT molecular complexity index is 911.